The van der Waals surface area contributed by atoms with E-state index in [9.17, 15) is 14.0 Å². The molecular formula is C36H27FI2N2O5S. The van der Waals surface area contributed by atoms with Gasteiger partial charge in [-0.25, -0.2) is 14.2 Å². The Morgan fingerprint density at radius 1 is 1.02 bits per heavy atom. The van der Waals surface area contributed by atoms with Crippen molar-refractivity contribution < 1.29 is 23.4 Å². The first kappa shape index (κ1) is 33.1. The largest absolute Gasteiger partial charge is 0.497 e. The zero-order valence-electron chi connectivity index (χ0n) is 25.2. The molecule has 0 N–H and O–H groups in total. The fourth-order valence-electron chi connectivity index (χ4n) is 5.26. The van der Waals surface area contributed by atoms with Crippen molar-refractivity contribution in [2.24, 2.45) is 4.99 Å². The lowest BCUT2D eigenvalue weighted by Crippen LogP contribution is -2.40. The van der Waals surface area contributed by atoms with Gasteiger partial charge in [0.05, 0.1) is 39.1 Å². The van der Waals surface area contributed by atoms with Crippen molar-refractivity contribution in [3.05, 3.63) is 151 Å². The minimum absolute atomic E-state index is 0.163. The molecule has 0 spiro atoms. The third-order valence-corrected chi connectivity index (χ3v) is 9.83. The van der Waals surface area contributed by atoms with Crippen LogP contribution in [0.4, 0.5) is 4.39 Å². The van der Waals surface area contributed by atoms with Crippen molar-refractivity contribution >= 4 is 74.3 Å². The van der Waals surface area contributed by atoms with Gasteiger partial charge in [-0.15, -0.1) is 0 Å². The highest BCUT2D eigenvalue weighted by Crippen LogP contribution is 2.36. The molecule has 238 valence electrons. The lowest BCUT2D eigenvalue weighted by molar-refractivity contribution is -0.138. The number of benzene rings is 4. The Balaban J connectivity index is 1.55. The van der Waals surface area contributed by atoms with Gasteiger partial charge in [-0.3, -0.25) is 9.36 Å². The minimum Gasteiger partial charge on any atom is -0.497 e. The van der Waals surface area contributed by atoms with Gasteiger partial charge < -0.3 is 14.2 Å². The highest BCUT2D eigenvalue weighted by Gasteiger charge is 2.35. The van der Waals surface area contributed by atoms with Gasteiger partial charge in [-0.2, -0.15) is 0 Å². The van der Waals surface area contributed by atoms with E-state index in [0.29, 0.717) is 37.7 Å². The van der Waals surface area contributed by atoms with Gasteiger partial charge in [-0.05, 0) is 106 Å². The van der Waals surface area contributed by atoms with Crippen LogP contribution >= 0.6 is 56.5 Å². The molecule has 11 heteroatoms. The van der Waals surface area contributed by atoms with Crippen LogP contribution in [0, 0.1) is 13.0 Å². The summed E-state index contributed by atoms with van der Waals surface area (Å²) < 4.78 is 34.5. The molecule has 1 aromatic heterocycles. The van der Waals surface area contributed by atoms with Crippen molar-refractivity contribution in [3.63, 3.8) is 0 Å². The van der Waals surface area contributed by atoms with E-state index >= 15 is 0 Å². The van der Waals surface area contributed by atoms with Crippen molar-refractivity contribution in [1.29, 1.82) is 0 Å². The van der Waals surface area contributed by atoms with Gasteiger partial charge in [0.2, 0.25) is 0 Å². The van der Waals surface area contributed by atoms with E-state index in [-0.39, 0.29) is 30.2 Å². The summed E-state index contributed by atoms with van der Waals surface area (Å²) in [4.78, 5) is 33.5. The van der Waals surface area contributed by atoms with E-state index in [2.05, 4.69) is 45.2 Å². The van der Waals surface area contributed by atoms with Crippen LogP contribution in [0.25, 0.3) is 11.8 Å². The minimum atomic E-state index is -0.807. The van der Waals surface area contributed by atoms with E-state index in [1.54, 1.807) is 48.9 Å². The molecule has 1 aliphatic rings. The molecule has 2 heterocycles. The Kier molecular flexibility index (Phi) is 10.2. The van der Waals surface area contributed by atoms with Crippen LogP contribution in [-0.4, -0.2) is 24.3 Å². The van der Waals surface area contributed by atoms with Gasteiger partial charge in [-0.1, -0.05) is 65.9 Å². The number of aromatic nitrogens is 1. The van der Waals surface area contributed by atoms with Crippen molar-refractivity contribution in [3.8, 4) is 11.5 Å². The maximum atomic E-state index is 14.4. The second kappa shape index (κ2) is 14.5. The second-order valence-electron chi connectivity index (χ2n) is 10.4. The second-order valence-corrected chi connectivity index (χ2v) is 13.8. The predicted octanol–water partition coefficient (Wildman–Crippen LogP) is 6.87. The lowest BCUT2D eigenvalue weighted by atomic mass is 9.93. The number of fused-ring (bicyclic) bond motifs is 1. The smallest absolute Gasteiger partial charge is 0.338 e. The molecule has 0 radical (unpaired) electrons. The lowest BCUT2D eigenvalue weighted by Gasteiger charge is -2.26. The summed E-state index contributed by atoms with van der Waals surface area (Å²) in [5, 5.41) is 0. The fourth-order valence-corrected chi connectivity index (χ4v) is 8.30. The van der Waals surface area contributed by atoms with Crippen LogP contribution in [-0.2, 0) is 16.1 Å². The summed E-state index contributed by atoms with van der Waals surface area (Å²) in [5.41, 5.74) is 3.38. The Bertz CT molecular complexity index is 2160. The molecule has 0 unspecified atom stereocenters. The van der Waals surface area contributed by atoms with Crippen LogP contribution in [0.3, 0.4) is 0 Å². The molecule has 6 rings (SSSR count). The molecular weight excluding hydrogens is 845 g/mol. The first-order valence-corrected chi connectivity index (χ1v) is 17.5. The monoisotopic (exact) mass is 872 g/mol. The van der Waals surface area contributed by atoms with Gasteiger partial charge in [0, 0.05) is 14.7 Å². The van der Waals surface area contributed by atoms with E-state index < -0.39 is 12.0 Å². The molecule has 47 heavy (non-hydrogen) atoms. The highest BCUT2D eigenvalue weighted by molar-refractivity contribution is 14.1. The molecule has 0 bridgehead atoms. The average Bonchev–Trinajstić information content (AvgIpc) is 3.38. The number of rotatable bonds is 9. The van der Waals surface area contributed by atoms with E-state index in [4.69, 9.17) is 19.2 Å². The number of nitrogens with zero attached hydrogens (tertiary/aromatic N) is 2. The number of thiazole rings is 1. The summed E-state index contributed by atoms with van der Waals surface area (Å²) in [6.07, 6.45) is 1.80. The van der Waals surface area contributed by atoms with Crippen LogP contribution in [0.1, 0.15) is 35.2 Å². The number of methoxy groups -OCH3 is 1. The Morgan fingerprint density at radius 2 is 1.74 bits per heavy atom. The van der Waals surface area contributed by atoms with E-state index in [1.807, 2.05) is 54.6 Å². The highest BCUT2D eigenvalue weighted by atomic mass is 127. The Morgan fingerprint density at radius 3 is 2.43 bits per heavy atom. The maximum absolute atomic E-state index is 14.4. The molecule has 7 nitrogen and oxygen atoms in total. The van der Waals surface area contributed by atoms with Gasteiger partial charge in [0.1, 0.15) is 23.9 Å². The molecule has 5 aromatic rings. The molecule has 0 saturated heterocycles. The van der Waals surface area contributed by atoms with Crippen molar-refractivity contribution in [2.45, 2.75) is 19.6 Å². The van der Waals surface area contributed by atoms with Crippen LogP contribution < -0.4 is 24.4 Å². The van der Waals surface area contributed by atoms with Crippen LogP contribution in [0.15, 0.2) is 106 Å². The normalized spacial score (nSPS) is 14.4. The molecule has 0 aliphatic carbocycles. The zero-order valence-corrected chi connectivity index (χ0v) is 30.3. The Hall–Kier alpha value is -3.82. The maximum Gasteiger partial charge on any atom is 0.338 e. The number of hydrogen-bond acceptors (Lipinski definition) is 7. The Labute approximate surface area is 301 Å². The predicted molar refractivity (Wildman–Crippen MR) is 197 cm³/mol. The summed E-state index contributed by atoms with van der Waals surface area (Å²) in [5.74, 6) is 0.384. The molecule has 0 fully saturated rings. The van der Waals surface area contributed by atoms with E-state index in [0.717, 1.165) is 18.3 Å². The first-order chi connectivity index (χ1) is 22.8. The molecule has 0 saturated carbocycles. The first-order valence-electron chi connectivity index (χ1n) is 14.6. The summed E-state index contributed by atoms with van der Waals surface area (Å²) in [6.45, 7) is 2.13. The topological polar surface area (TPSA) is 79.1 Å². The quantitative estimate of drug-likeness (QED) is 0.120. The van der Waals surface area contributed by atoms with Crippen molar-refractivity contribution in [2.75, 3.05) is 13.7 Å². The molecule has 0 amide bonds. The van der Waals surface area contributed by atoms with Gasteiger partial charge >= 0.3 is 5.97 Å². The number of hydrogen-bond donors (Lipinski definition) is 0. The molecule has 1 aliphatic heterocycles. The van der Waals surface area contributed by atoms with Crippen LogP contribution in [0.5, 0.6) is 11.5 Å². The number of ether oxygens (including phenoxy) is 3. The average molecular weight is 872 g/mol. The third-order valence-electron chi connectivity index (χ3n) is 7.43. The summed E-state index contributed by atoms with van der Waals surface area (Å²) >= 11 is 5.69. The fraction of sp³-hybridized carbons (Fsp3) is 0.139. The van der Waals surface area contributed by atoms with Crippen LogP contribution in [0.2, 0.25) is 0 Å². The SMILES string of the molecule is CCOC(=O)C1=C(c2ccccc2)N=c2s/c(=C\c3cc(I)cc(I)c3OCc3ccc(F)cc3)c(=O)n2[C@@H]1c1ccc(OC)cc1. The molecule has 4 aromatic carbocycles. The number of carbonyl (C=O) groups excluding carboxylic acids is 1. The van der Waals surface area contributed by atoms with Gasteiger partial charge in [0.25, 0.3) is 5.56 Å². The summed E-state index contributed by atoms with van der Waals surface area (Å²) in [6, 6.07) is 26.0. The number of esters is 1. The zero-order chi connectivity index (χ0) is 33.1. The van der Waals surface area contributed by atoms with Gasteiger partial charge in [0.15, 0.2) is 4.80 Å². The number of halogens is 3. The molecule has 1 atom stereocenters. The van der Waals surface area contributed by atoms with Crippen molar-refractivity contribution in [1.82, 2.24) is 4.57 Å². The number of carbonyl (C=O) groups is 1. The van der Waals surface area contributed by atoms with E-state index in [1.165, 1.54) is 23.5 Å². The third kappa shape index (κ3) is 7.06. The summed E-state index contributed by atoms with van der Waals surface area (Å²) in [7, 11) is 1.58. The standard InChI is InChI=1S/C36H27FI2N2O5S/c1-3-45-35(43)30-31(22-7-5-4-6-8-22)40-36-41(32(30)23-11-15-27(44-2)16-12-23)34(42)29(47-36)18-24-17-26(38)19-28(39)33(24)46-20-21-9-13-25(37)14-10-21/h4-19,32H,3,20H2,1-2H3/b29-18-/t32-/m1/s1.